The van der Waals surface area contributed by atoms with Crippen LogP contribution in [0, 0.1) is 5.92 Å². The summed E-state index contributed by atoms with van der Waals surface area (Å²) in [6, 6.07) is 9.31. The van der Waals surface area contributed by atoms with Gasteiger partial charge in [-0.05, 0) is 24.7 Å². The van der Waals surface area contributed by atoms with E-state index >= 15 is 0 Å². The van der Waals surface area contributed by atoms with Gasteiger partial charge in [-0.3, -0.25) is 4.79 Å². The third-order valence-electron chi connectivity index (χ3n) is 3.26. The van der Waals surface area contributed by atoms with E-state index in [1.165, 1.54) is 0 Å². The molecule has 0 spiro atoms. The maximum atomic E-state index is 12.3. The zero-order valence-corrected chi connectivity index (χ0v) is 12.9. The smallest absolute Gasteiger partial charge is 0.317 e. The minimum Gasteiger partial charge on any atom is -0.460 e. The summed E-state index contributed by atoms with van der Waals surface area (Å²) in [6.45, 7) is 2.38. The Morgan fingerprint density at radius 3 is 2.76 bits per heavy atom. The van der Waals surface area contributed by atoms with Gasteiger partial charge < -0.3 is 14.8 Å². The van der Waals surface area contributed by atoms with Crippen molar-refractivity contribution in [3.8, 4) is 0 Å². The fourth-order valence-corrected chi connectivity index (χ4v) is 2.56. The Hall–Kier alpha value is -1.79. The van der Waals surface area contributed by atoms with Crippen LogP contribution in [0.2, 0.25) is 0 Å². The summed E-state index contributed by atoms with van der Waals surface area (Å²) < 4.78 is 10.5. The highest BCUT2D eigenvalue weighted by molar-refractivity contribution is 7.80. The quantitative estimate of drug-likeness (QED) is 0.663. The summed E-state index contributed by atoms with van der Waals surface area (Å²) in [5.74, 6) is -0.808. The Balaban J connectivity index is 2.04. The standard InChI is InChI=1S/C15H18N2O3S/c1-10-13(12(9-19-2)17-15(21)16-10)14(18)20-8-11-6-4-3-5-7-11/h3-7,12-13H,8-9H2,1-2H3,(H,17,21). The van der Waals surface area contributed by atoms with Gasteiger partial charge >= 0.3 is 5.97 Å². The summed E-state index contributed by atoms with van der Waals surface area (Å²) >= 11 is 5.05. The molecule has 112 valence electrons. The predicted molar refractivity (Wildman–Crippen MR) is 84.2 cm³/mol. The highest BCUT2D eigenvalue weighted by Crippen LogP contribution is 2.16. The van der Waals surface area contributed by atoms with Crippen LogP contribution in [-0.4, -0.2) is 36.6 Å². The molecule has 1 aromatic carbocycles. The molecule has 0 saturated carbocycles. The van der Waals surface area contributed by atoms with Gasteiger partial charge in [0, 0.05) is 12.8 Å². The number of aliphatic imine (C=N–C) groups is 1. The van der Waals surface area contributed by atoms with Gasteiger partial charge in [-0.15, -0.1) is 0 Å². The van der Waals surface area contributed by atoms with Crippen molar-refractivity contribution in [2.75, 3.05) is 13.7 Å². The van der Waals surface area contributed by atoms with Crippen molar-refractivity contribution in [2.24, 2.45) is 10.9 Å². The molecule has 21 heavy (non-hydrogen) atoms. The summed E-state index contributed by atoms with van der Waals surface area (Å²) in [6.07, 6.45) is 0. The van der Waals surface area contributed by atoms with Crippen molar-refractivity contribution >= 4 is 29.0 Å². The number of thiocarbonyl (C=S) groups is 1. The number of benzene rings is 1. The lowest BCUT2D eigenvalue weighted by molar-refractivity contribution is -0.148. The monoisotopic (exact) mass is 306 g/mol. The molecule has 1 aromatic rings. The van der Waals surface area contributed by atoms with E-state index in [2.05, 4.69) is 10.3 Å². The van der Waals surface area contributed by atoms with Gasteiger partial charge in [0.05, 0.1) is 12.6 Å². The number of ether oxygens (including phenoxy) is 2. The first-order valence-corrected chi connectivity index (χ1v) is 7.08. The van der Waals surface area contributed by atoms with Gasteiger partial charge in [0.1, 0.15) is 12.5 Å². The van der Waals surface area contributed by atoms with Crippen molar-refractivity contribution in [3.63, 3.8) is 0 Å². The molecule has 2 atom stereocenters. The number of hydrogen-bond donors (Lipinski definition) is 1. The van der Waals surface area contributed by atoms with Crippen LogP contribution in [0.25, 0.3) is 0 Å². The van der Waals surface area contributed by atoms with Crippen molar-refractivity contribution in [3.05, 3.63) is 35.9 Å². The molecule has 0 aliphatic carbocycles. The molecule has 1 aliphatic heterocycles. The van der Waals surface area contributed by atoms with Crippen LogP contribution in [0.1, 0.15) is 12.5 Å². The van der Waals surface area contributed by atoms with E-state index in [0.29, 0.717) is 17.4 Å². The first kappa shape index (κ1) is 15.6. The minimum atomic E-state index is -0.486. The van der Waals surface area contributed by atoms with Gasteiger partial charge in [-0.25, -0.2) is 4.99 Å². The van der Waals surface area contributed by atoms with E-state index < -0.39 is 5.92 Å². The Morgan fingerprint density at radius 2 is 2.10 bits per heavy atom. The van der Waals surface area contributed by atoms with E-state index in [4.69, 9.17) is 21.7 Å². The average molecular weight is 306 g/mol. The summed E-state index contributed by atoms with van der Waals surface area (Å²) in [5, 5.41) is 3.37. The number of methoxy groups -OCH3 is 1. The summed E-state index contributed by atoms with van der Waals surface area (Å²) in [5.41, 5.74) is 1.60. The molecule has 0 radical (unpaired) electrons. The van der Waals surface area contributed by atoms with Crippen molar-refractivity contribution in [1.82, 2.24) is 5.32 Å². The molecule has 6 heteroatoms. The second kappa shape index (κ2) is 7.28. The number of hydrogen-bond acceptors (Lipinski definition) is 4. The van der Waals surface area contributed by atoms with Crippen LogP contribution in [0.3, 0.4) is 0 Å². The number of nitrogens with zero attached hydrogens (tertiary/aromatic N) is 1. The zero-order valence-electron chi connectivity index (χ0n) is 12.0. The van der Waals surface area contributed by atoms with Crippen LogP contribution < -0.4 is 5.32 Å². The predicted octanol–water partition coefficient (Wildman–Crippen LogP) is 1.71. The third-order valence-corrected chi connectivity index (χ3v) is 3.47. The van der Waals surface area contributed by atoms with Gasteiger partial charge in [0.2, 0.25) is 0 Å². The first-order valence-electron chi connectivity index (χ1n) is 6.67. The fraction of sp³-hybridized carbons (Fsp3) is 0.400. The van der Waals surface area contributed by atoms with Crippen molar-refractivity contribution in [1.29, 1.82) is 0 Å². The molecule has 1 heterocycles. The van der Waals surface area contributed by atoms with Gasteiger partial charge in [0.15, 0.2) is 5.11 Å². The second-order valence-corrected chi connectivity index (χ2v) is 5.22. The molecule has 2 unspecified atom stereocenters. The lowest BCUT2D eigenvalue weighted by atomic mass is 9.94. The first-order chi connectivity index (χ1) is 10.1. The van der Waals surface area contributed by atoms with Crippen LogP contribution in [0.4, 0.5) is 0 Å². The molecular weight excluding hydrogens is 288 g/mol. The molecule has 1 N–H and O–H groups in total. The molecule has 0 amide bonds. The van der Waals surface area contributed by atoms with Crippen molar-refractivity contribution in [2.45, 2.75) is 19.6 Å². The Kier molecular flexibility index (Phi) is 5.41. The topological polar surface area (TPSA) is 59.9 Å². The van der Waals surface area contributed by atoms with Crippen LogP contribution in [0.5, 0.6) is 0 Å². The van der Waals surface area contributed by atoms with Crippen LogP contribution >= 0.6 is 12.2 Å². The van der Waals surface area contributed by atoms with Crippen LogP contribution in [0.15, 0.2) is 35.3 Å². The molecule has 2 rings (SSSR count). The van der Waals surface area contributed by atoms with Crippen molar-refractivity contribution < 1.29 is 14.3 Å². The minimum absolute atomic E-state index is 0.244. The molecule has 1 aliphatic rings. The van der Waals surface area contributed by atoms with E-state index in [-0.39, 0.29) is 18.6 Å². The Bertz CT molecular complexity index is 545. The third kappa shape index (κ3) is 4.09. The molecule has 0 fully saturated rings. The molecule has 5 nitrogen and oxygen atoms in total. The second-order valence-electron chi connectivity index (χ2n) is 4.84. The highest BCUT2D eigenvalue weighted by Gasteiger charge is 2.35. The number of rotatable bonds is 5. The lowest BCUT2D eigenvalue weighted by Gasteiger charge is -2.30. The van der Waals surface area contributed by atoms with Gasteiger partial charge in [0.25, 0.3) is 0 Å². The van der Waals surface area contributed by atoms with Crippen LogP contribution in [-0.2, 0) is 20.9 Å². The van der Waals surface area contributed by atoms with Gasteiger partial charge in [-0.2, -0.15) is 0 Å². The SMILES string of the molecule is COCC1NC(=S)N=C(C)C1C(=O)OCc1ccccc1. The Morgan fingerprint density at radius 1 is 1.38 bits per heavy atom. The van der Waals surface area contributed by atoms with E-state index in [9.17, 15) is 4.79 Å². The summed E-state index contributed by atoms with van der Waals surface area (Å²) in [7, 11) is 1.58. The molecular formula is C15H18N2O3S. The highest BCUT2D eigenvalue weighted by atomic mass is 32.1. The zero-order chi connectivity index (χ0) is 15.2. The number of nitrogens with one attached hydrogen (secondary N) is 1. The van der Waals surface area contributed by atoms with E-state index in [0.717, 1.165) is 5.56 Å². The van der Waals surface area contributed by atoms with E-state index in [1.807, 2.05) is 30.3 Å². The number of carbonyl (C=O) groups is 1. The number of esters is 1. The lowest BCUT2D eigenvalue weighted by Crippen LogP contribution is -2.52. The van der Waals surface area contributed by atoms with Gasteiger partial charge in [-0.1, -0.05) is 30.3 Å². The molecule has 0 saturated heterocycles. The maximum Gasteiger partial charge on any atom is 0.317 e. The normalized spacial score (nSPS) is 21.4. The largest absolute Gasteiger partial charge is 0.460 e. The van der Waals surface area contributed by atoms with E-state index in [1.54, 1.807) is 14.0 Å². The fourth-order valence-electron chi connectivity index (χ4n) is 2.27. The maximum absolute atomic E-state index is 12.3. The molecule has 0 aromatic heterocycles. The molecule has 0 bridgehead atoms. The average Bonchev–Trinajstić information content (AvgIpc) is 2.46. The Labute approximate surface area is 129 Å². The number of carbonyl (C=O) groups excluding carboxylic acids is 1. The summed E-state index contributed by atoms with van der Waals surface area (Å²) in [4.78, 5) is 16.5.